The minimum atomic E-state index is 0.619. The van der Waals surface area contributed by atoms with Gasteiger partial charge in [0.2, 0.25) is 0 Å². The Labute approximate surface area is 131 Å². The molecule has 7 nitrogen and oxygen atoms in total. The van der Waals surface area contributed by atoms with Crippen LogP contribution in [0.1, 0.15) is 23.3 Å². The molecule has 22 heavy (non-hydrogen) atoms. The Morgan fingerprint density at radius 3 is 2.95 bits per heavy atom. The highest BCUT2D eigenvalue weighted by Gasteiger charge is 2.28. The van der Waals surface area contributed by atoms with Crippen LogP contribution in [0, 0.1) is 0 Å². The summed E-state index contributed by atoms with van der Waals surface area (Å²) in [5.74, 6) is 1.72. The van der Waals surface area contributed by atoms with Gasteiger partial charge in [0.05, 0.1) is 23.9 Å². The van der Waals surface area contributed by atoms with Gasteiger partial charge >= 0.3 is 0 Å². The van der Waals surface area contributed by atoms with Gasteiger partial charge in [-0.15, -0.1) is 11.3 Å². The van der Waals surface area contributed by atoms with Gasteiger partial charge in [0, 0.05) is 19.5 Å². The van der Waals surface area contributed by atoms with Gasteiger partial charge in [-0.05, 0) is 28.8 Å². The fourth-order valence-electron chi connectivity index (χ4n) is 3.68. The predicted molar refractivity (Wildman–Crippen MR) is 84.6 cm³/mol. The Hall–Kier alpha value is -1.80. The highest BCUT2D eigenvalue weighted by Crippen LogP contribution is 2.38. The van der Waals surface area contributed by atoms with Crippen LogP contribution in [0.4, 0.5) is 5.82 Å². The van der Waals surface area contributed by atoms with E-state index < -0.39 is 0 Å². The first-order valence-corrected chi connectivity index (χ1v) is 8.71. The van der Waals surface area contributed by atoms with Crippen LogP contribution in [0.5, 0.6) is 0 Å². The summed E-state index contributed by atoms with van der Waals surface area (Å²) in [6, 6.07) is 0. The summed E-state index contributed by atoms with van der Waals surface area (Å²) in [6.45, 7) is 4.47. The summed E-state index contributed by atoms with van der Waals surface area (Å²) in [5, 5.41) is 13.4. The maximum atomic E-state index is 4.80. The smallest absolute Gasteiger partial charge is 0.276 e. The van der Waals surface area contributed by atoms with Crippen LogP contribution in [-0.2, 0) is 13.0 Å². The van der Waals surface area contributed by atoms with Crippen LogP contribution in [0.25, 0.3) is 16.0 Å². The Morgan fingerprint density at radius 1 is 1.23 bits per heavy atom. The third kappa shape index (κ3) is 1.70. The lowest BCUT2D eigenvalue weighted by Gasteiger charge is -2.21. The number of hydrogen-bond donors (Lipinski definition) is 1. The number of quaternary nitrogens is 1. The molecular weight excluding hydrogens is 298 g/mol. The number of rotatable bonds is 1. The molecule has 2 aliphatic heterocycles. The number of anilines is 1. The number of tetrazole rings is 1. The van der Waals surface area contributed by atoms with Crippen LogP contribution in [0.3, 0.4) is 0 Å². The summed E-state index contributed by atoms with van der Waals surface area (Å²) in [7, 11) is 2.26. The van der Waals surface area contributed by atoms with Crippen molar-refractivity contribution in [3.05, 3.63) is 10.4 Å². The van der Waals surface area contributed by atoms with E-state index in [4.69, 9.17) is 4.98 Å². The molecule has 1 N–H and O–H groups in total. The van der Waals surface area contributed by atoms with E-state index in [1.165, 1.54) is 35.2 Å². The zero-order valence-corrected chi connectivity index (χ0v) is 13.4. The Kier molecular flexibility index (Phi) is 2.66. The molecule has 0 radical (unpaired) electrons. The van der Waals surface area contributed by atoms with E-state index in [2.05, 4.69) is 27.5 Å². The minimum absolute atomic E-state index is 0.619. The second-order valence-electron chi connectivity index (χ2n) is 6.34. The monoisotopic (exact) mass is 316 g/mol. The lowest BCUT2D eigenvalue weighted by atomic mass is 10.1. The molecule has 0 aliphatic carbocycles. The number of aromatic nitrogens is 5. The first-order chi connectivity index (χ1) is 10.8. The van der Waals surface area contributed by atoms with Crippen LogP contribution in [-0.4, -0.2) is 51.7 Å². The molecule has 3 aromatic rings. The number of nitrogens with zero attached hydrogens (tertiary/aromatic N) is 6. The molecule has 2 aliphatic rings. The van der Waals surface area contributed by atoms with Gasteiger partial charge in [-0.25, -0.2) is 0 Å². The third-order valence-corrected chi connectivity index (χ3v) is 6.02. The molecule has 0 amide bonds. The van der Waals surface area contributed by atoms with Crippen molar-refractivity contribution < 1.29 is 4.90 Å². The van der Waals surface area contributed by atoms with Crippen LogP contribution in [0.2, 0.25) is 0 Å². The van der Waals surface area contributed by atoms with Crippen LogP contribution >= 0.6 is 11.3 Å². The van der Waals surface area contributed by atoms with Crippen LogP contribution in [0.15, 0.2) is 0 Å². The third-order valence-electron chi connectivity index (χ3n) is 4.82. The van der Waals surface area contributed by atoms with Crippen LogP contribution < -0.4 is 9.80 Å². The maximum absolute atomic E-state index is 4.80. The van der Waals surface area contributed by atoms with E-state index in [9.17, 15) is 0 Å². The Morgan fingerprint density at radius 2 is 2.09 bits per heavy atom. The van der Waals surface area contributed by atoms with Crippen molar-refractivity contribution in [3.8, 4) is 0 Å². The molecule has 1 atom stereocenters. The largest absolute Gasteiger partial charge is 0.356 e. The van der Waals surface area contributed by atoms with Gasteiger partial charge in [-0.3, -0.25) is 0 Å². The number of likely N-dealkylation sites (N-methyl/N-ethyl adjacent to an activating group) is 1. The van der Waals surface area contributed by atoms with Gasteiger partial charge in [0.15, 0.2) is 0 Å². The van der Waals surface area contributed by atoms with Gasteiger partial charge in [0.1, 0.15) is 17.2 Å². The zero-order chi connectivity index (χ0) is 14.7. The van der Waals surface area contributed by atoms with Crippen molar-refractivity contribution in [2.45, 2.75) is 25.8 Å². The van der Waals surface area contributed by atoms with E-state index in [1.807, 2.05) is 15.9 Å². The maximum Gasteiger partial charge on any atom is 0.276 e. The second-order valence-corrected chi connectivity index (χ2v) is 7.42. The predicted octanol–water partition coefficient (Wildman–Crippen LogP) is -0.0950. The van der Waals surface area contributed by atoms with Gasteiger partial charge in [0.25, 0.3) is 5.78 Å². The zero-order valence-electron chi connectivity index (χ0n) is 12.5. The van der Waals surface area contributed by atoms with E-state index in [1.54, 1.807) is 4.90 Å². The molecule has 0 bridgehead atoms. The van der Waals surface area contributed by atoms with Crippen molar-refractivity contribution in [2.75, 3.05) is 31.6 Å². The first kappa shape index (κ1) is 12.7. The lowest BCUT2D eigenvalue weighted by molar-refractivity contribution is -0.895. The molecule has 0 spiro atoms. The topological polar surface area (TPSA) is 63.7 Å². The number of thiophene rings is 1. The van der Waals surface area contributed by atoms with Gasteiger partial charge in [-0.1, -0.05) is 5.10 Å². The number of fused-ring (bicyclic) bond motifs is 5. The quantitative estimate of drug-likeness (QED) is 0.679. The second kappa shape index (κ2) is 4.60. The van der Waals surface area contributed by atoms with Gasteiger partial charge in [-0.2, -0.15) is 9.50 Å². The van der Waals surface area contributed by atoms with Gasteiger partial charge < -0.3 is 9.80 Å². The highest BCUT2D eigenvalue weighted by molar-refractivity contribution is 7.19. The number of nitrogens with one attached hydrogen (secondary N) is 1. The average Bonchev–Trinajstić information content (AvgIpc) is 3.24. The standard InChI is InChI=1S/C14H17N7S/c1-19-7-4-9-10(8-19)22-13-11(9)12(20-5-2-3-6-20)15-14-16-17-18-21(13)14/h2-8H2,1H3/p+1. The fraction of sp³-hybridized carbons (Fsp3) is 0.571. The van der Waals surface area contributed by atoms with E-state index in [0.717, 1.165) is 36.7 Å². The molecule has 3 aromatic heterocycles. The molecule has 1 fully saturated rings. The molecule has 8 heteroatoms. The molecule has 0 aromatic carbocycles. The summed E-state index contributed by atoms with van der Waals surface area (Å²) in [5.41, 5.74) is 1.48. The van der Waals surface area contributed by atoms with Crippen molar-refractivity contribution in [1.82, 2.24) is 25.0 Å². The molecule has 0 saturated carbocycles. The molecule has 1 saturated heterocycles. The van der Waals surface area contributed by atoms with E-state index >= 15 is 0 Å². The SMILES string of the molecule is C[NH+]1CCc2c(sc3c2c(N2CCCC2)nc2nnnn23)C1. The Balaban J connectivity index is 1.85. The molecule has 5 rings (SSSR count). The number of hydrogen-bond acceptors (Lipinski definition) is 6. The summed E-state index contributed by atoms with van der Waals surface area (Å²) >= 11 is 1.84. The normalized spacial score (nSPS) is 21.9. The summed E-state index contributed by atoms with van der Waals surface area (Å²) < 4.78 is 1.81. The van der Waals surface area contributed by atoms with Crippen molar-refractivity contribution in [3.63, 3.8) is 0 Å². The summed E-state index contributed by atoms with van der Waals surface area (Å²) in [4.78, 5) is 11.4. The van der Waals surface area contributed by atoms with Crippen molar-refractivity contribution >= 4 is 33.1 Å². The average molecular weight is 316 g/mol. The van der Waals surface area contributed by atoms with E-state index in [-0.39, 0.29) is 0 Å². The Bertz CT molecular complexity index is 861. The summed E-state index contributed by atoms with van der Waals surface area (Å²) in [6.07, 6.45) is 3.62. The van der Waals surface area contributed by atoms with E-state index in [0.29, 0.717) is 5.78 Å². The molecule has 5 heterocycles. The molecular formula is C14H18N7S+. The first-order valence-electron chi connectivity index (χ1n) is 7.90. The minimum Gasteiger partial charge on any atom is -0.356 e. The lowest BCUT2D eigenvalue weighted by Crippen LogP contribution is -3.08. The van der Waals surface area contributed by atoms with Crippen molar-refractivity contribution in [1.29, 1.82) is 0 Å². The molecule has 1 unspecified atom stereocenters. The molecule has 114 valence electrons. The highest BCUT2D eigenvalue weighted by atomic mass is 32.1. The van der Waals surface area contributed by atoms with Crippen molar-refractivity contribution in [2.24, 2.45) is 0 Å². The fourth-order valence-corrected chi connectivity index (χ4v) is 5.08.